The summed E-state index contributed by atoms with van der Waals surface area (Å²) in [4.78, 5) is 5.38. The summed E-state index contributed by atoms with van der Waals surface area (Å²) in [6, 6.07) is 0.844. The molecule has 1 aliphatic heterocycles. The lowest BCUT2D eigenvalue weighted by Crippen LogP contribution is -2.55. The van der Waals surface area contributed by atoms with Gasteiger partial charge in [-0.2, -0.15) is 0 Å². The largest absolute Gasteiger partial charge is 0.329 e. The van der Waals surface area contributed by atoms with Crippen molar-refractivity contribution in [2.75, 3.05) is 32.7 Å². The van der Waals surface area contributed by atoms with Gasteiger partial charge in [-0.05, 0) is 64.7 Å². The highest BCUT2D eigenvalue weighted by atomic mass is 15.3. The van der Waals surface area contributed by atoms with Crippen molar-refractivity contribution in [2.24, 2.45) is 5.73 Å². The van der Waals surface area contributed by atoms with Crippen LogP contribution in [-0.2, 0) is 0 Å². The van der Waals surface area contributed by atoms with Crippen LogP contribution in [-0.4, -0.2) is 54.1 Å². The molecular formula is C15H31N3. The Labute approximate surface area is 113 Å². The van der Waals surface area contributed by atoms with Gasteiger partial charge in [0.2, 0.25) is 0 Å². The van der Waals surface area contributed by atoms with Crippen LogP contribution < -0.4 is 5.73 Å². The molecule has 1 unspecified atom stereocenters. The Morgan fingerprint density at radius 2 is 2.00 bits per heavy atom. The summed E-state index contributed by atoms with van der Waals surface area (Å²) >= 11 is 0. The van der Waals surface area contributed by atoms with Crippen LogP contribution in [0.5, 0.6) is 0 Å². The van der Waals surface area contributed by atoms with Gasteiger partial charge >= 0.3 is 0 Å². The van der Waals surface area contributed by atoms with Gasteiger partial charge in [0.15, 0.2) is 0 Å². The molecule has 3 heteroatoms. The fourth-order valence-corrected chi connectivity index (χ4v) is 3.75. The Bertz CT molecular complexity index is 252. The minimum absolute atomic E-state index is 0.304. The van der Waals surface area contributed by atoms with Gasteiger partial charge in [0, 0.05) is 18.1 Å². The average molecular weight is 253 g/mol. The Morgan fingerprint density at radius 1 is 1.22 bits per heavy atom. The highest BCUT2D eigenvalue weighted by Crippen LogP contribution is 2.37. The van der Waals surface area contributed by atoms with Crippen LogP contribution in [0.1, 0.15) is 52.4 Å². The second-order valence-electron chi connectivity index (χ2n) is 6.14. The molecule has 0 aromatic rings. The third-order valence-corrected chi connectivity index (χ3v) is 4.87. The first-order valence-corrected chi connectivity index (χ1v) is 7.95. The SMILES string of the molecule is CCCN1CCCC(CN)(N(CC)C2CC2)CC1. The van der Waals surface area contributed by atoms with Crippen LogP contribution in [0, 0.1) is 0 Å². The van der Waals surface area contributed by atoms with Crippen molar-refractivity contribution in [1.29, 1.82) is 0 Å². The van der Waals surface area contributed by atoms with Crippen molar-refractivity contribution < 1.29 is 0 Å². The summed E-state index contributed by atoms with van der Waals surface area (Å²) in [7, 11) is 0. The summed E-state index contributed by atoms with van der Waals surface area (Å²) in [5.74, 6) is 0. The number of nitrogens with zero attached hydrogens (tertiary/aromatic N) is 2. The van der Waals surface area contributed by atoms with Crippen LogP contribution in [0.25, 0.3) is 0 Å². The molecule has 0 spiro atoms. The maximum atomic E-state index is 6.21. The molecule has 0 aromatic carbocycles. The molecule has 2 rings (SSSR count). The predicted octanol–water partition coefficient (Wildman–Crippen LogP) is 2.06. The first kappa shape index (κ1) is 14.3. The number of likely N-dealkylation sites (N-methyl/N-ethyl adjacent to an activating group) is 1. The van der Waals surface area contributed by atoms with E-state index in [0.717, 1.165) is 12.6 Å². The summed E-state index contributed by atoms with van der Waals surface area (Å²) in [5, 5.41) is 0. The second-order valence-corrected chi connectivity index (χ2v) is 6.14. The number of nitrogens with two attached hydrogens (primary N) is 1. The number of hydrogen-bond donors (Lipinski definition) is 1. The van der Waals surface area contributed by atoms with Gasteiger partial charge in [-0.3, -0.25) is 4.90 Å². The Kier molecular flexibility index (Phi) is 5.05. The monoisotopic (exact) mass is 253 g/mol. The molecule has 1 saturated heterocycles. The van der Waals surface area contributed by atoms with Gasteiger partial charge in [-0.25, -0.2) is 0 Å². The molecule has 1 heterocycles. The Morgan fingerprint density at radius 3 is 2.56 bits per heavy atom. The van der Waals surface area contributed by atoms with Gasteiger partial charge in [0.25, 0.3) is 0 Å². The maximum absolute atomic E-state index is 6.21. The summed E-state index contributed by atoms with van der Waals surface area (Å²) in [6.45, 7) is 10.4. The third kappa shape index (κ3) is 3.06. The van der Waals surface area contributed by atoms with E-state index >= 15 is 0 Å². The quantitative estimate of drug-likeness (QED) is 0.786. The minimum Gasteiger partial charge on any atom is -0.329 e. The van der Waals surface area contributed by atoms with Crippen molar-refractivity contribution in [3.05, 3.63) is 0 Å². The van der Waals surface area contributed by atoms with Crippen LogP contribution in [0.15, 0.2) is 0 Å². The third-order valence-electron chi connectivity index (χ3n) is 4.87. The van der Waals surface area contributed by atoms with E-state index in [1.165, 1.54) is 64.7 Å². The van der Waals surface area contributed by atoms with Gasteiger partial charge in [0.05, 0.1) is 0 Å². The predicted molar refractivity (Wildman–Crippen MR) is 77.8 cm³/mol. The van der Waals surface area contributed by atoms with E-state index in [2.05, 4.69) is 23.6 Å². The molecule has 1 saturated carbocycles. The minimum atomic E-state index is 0.304. The molecule has 2 fully saturated rings. The zero-order chi connectivity index (χ0) is 13.0. The fraction of sp³-hybridized carbons (Fsp3) is 1.00. The van der Waals surface area contributed by atoms with Crippen molar-refractivity contribution >= 4 is 0 Å². The van der Waals surface area contributed by atoms with Crippen LogP contribution in [0.3, 0.4) is 0 Å². The van der Waals surface area contributed by atoms with Crippen molar-refractivity contribution in [2.45, 2.75) is 64.0 Å². The van der Waals surface area contributed by atoms with Gasteiger partial charge in [0.1, 0.15) is 0 Å². The highest BCUT2D eigenvalue weighted by Gasteiger charge is 2.43. The first-order valence-electron chi connectivity index (χ1n) is 7.95. The first-order chi connectivity index (χ1) is 8.75. The Hall–Kier alpha value is -0.120. The average Bonchev–Trinajstić information content (AvgIpc) is 3.20. The number of hydrogen-bond acceptors (Lipinski definition) is 3. The maximum Gasteiger partial charge on any atom is 0.0347 e. The van der Waals surface area contributed by atoms with E-state index in [1.807, 2.05) is 0 Å². The van der Waals surface area contributed by atoms with Gasteiger partial charge in [-0.15, -0.1) is 0 Å². The molecule has 1 aliphatic carbocycles. The van der Waals surface area contributed by atoms with E-state index < -0.39 is 0 Å². The van der Waals surface area contributed by atoms with E-state index in [0.29, 0.717) is 5.54 Å². The van der Waals surface area contributed by atoms with Crippen LogP contribution in [0.4, 0.5) is 0 Å². The van der Waals surface area contributed by atoms with E-state index in [9.17, 15) is 0 Å². The molecule has 3 nitrogen and oxygen atoms in total. The van der Waals surface area contributed by atoms with Crippen molar-refractivity contribution in [3.8, 4) is 0 Å². The van der Waals surface area contributed by atoms with E-state index in [-0.39, 0.29) is 0 Å². The molecule has 1 atom stereocenters. The lowest BCUT2D eigenvalue weighted by molar-refractivity contribution is 0.0750. The molecule has 2 N–H and O–H groups in total. The molecule has 0 aromatic heterocycles. The lowest BCUT2D eigenvalue weighted by atomic mass is 9.88. The van der Waals surface area contributed by atoms with Crippen LogP contribution >= 0.6 is 0 Å². The van der Waals surface area contributed by atoms with E-state index in [4.69, 9.17) is 5.73 Å². The summed E-state index contributed by atoms with van der Waals surface area (Å²) in [6.07, 6.45) is 7.96. The molecule has 0 bridgehead atoms. The Balaban J connectivity index is 2.02. The summed E-state index contributed by atoms with van der Waals surface area (Å²) in [5.41, 5.74) is 6.51. The van der Waals surface area contributed by atoms with Crippen molar-refractivity contribution in [1.82, 2.24) is 9.80 Å². The zero-order valence-corrected chi connectivity index (χ0v) is 12.3. The standard InChI is InChI=1S/C15H31N3/c1-3-10-17-11-5-8-15(13-16,9-12-17)18(4-2)14-6-7-14/h14H,3-13,16H2,1-2H3. The highest BCUT2D eigenvalue weighted by molar-refractivity contribution is 5.00. The van der Waals surface area contributed by atoms with Gasteiger partial charge in [-0.1, -0.05) is 13.8 Å². The molecule has 2 aliphatic rings. The topological polar surface area (TPSA) is 32.5 Å². The number of rotatable bonds is 6. The zero-order valence-electron chi connectivity index (χ0n) is 12.3. The molecule has 18 heavy (non-hydrogen) atoms. The van der Waals surface area contributed by atoms with E-state index in [1.54, 1.807) is 0 Å². The molecule has 106 valence electrons. The molecule has 0 amide bonds. The molecular weight excluding hydrogens is 222 g/mol. The summed E-state index contributed by atoms with van der Waals surface area (Å²) < 4.78 is 0. The van der Waals surface area contributed by atoms with Crippen molar-refractivity contribution in [3.63, 3.8) is 0 Å². The van der Waals surface area contributed by atoms with Crippen LogP contribution in [0.2, 0.25) is 0 Å². The second kappa shape index (κ2) is 6.36. The fourth-order valence-electron chi connectivity index (χ4n) is 3.75. The number of likely N-dealkylation sites (tertiary alicyclic amines) is 1. The lowest BCUT2D eigenvalue weighted by Gasteiger charge is -2.43. The smallest absolute Gasteiger partial charge is 0.0347 e. The normalized spacial score (nSPS) is 30.7. The molecule has 0 radical (unpaired) electrons. The van der Waals surface area contributed by atoms with Gasteiger partial charge < -0.3 is 10.6 Å².